The van der Waals surface area contributed by atoms with Crippen LogP contribution < -0.4 is 5.32 Å². The van der Waals surface area contributed by atoms with Crippen molar-refractivity contribution in [2.45, 2.75) is 6.92 Å². The van der Waals surface area contributed by atoms with Crippen molar-refractivity contribution in [1.82, 2.24) is 9.97 Å². The van der Waals surface area contributed by atoms with Gasteiger partial charge >= 0.3 is 0 Å². The number of hydrogen-bond donors (Lipinski definition) is 2. The maximum atomic E-state index is 4.85. The molecule has 0 spiro atoms. The Morgan fingerprint density at radius 1 is 0.955 bits per heavy atom. The van der Waals surface area contributed by atoms with Crippen LogP contribution in [-0.2, 0) is 0 Å². The molecule has 0 radical (unpaired) electrons. The molecule has 2 N–H and O–H groups in total. The normalized spacial score (nSPS) is 11.2. The summed E-state index contributed by atoms with van der Waals surface area (Å²) in [5.74, 6) is 0. The van der Waals surface area contributed by atoms with Crippen molar-refractivity contribution in [1.29, 1.82) is 0 Å². The van der Waals surface area contributed by atoms with Crippen molar-refractivity contribution in [2.75, 3.05) is 12.4 Å². The fourth-order valence-corrected chi connectivity index (χ4v) is 3.04. The molecule has 3 heteroatoms. The van der Waals surface area contributed by atoms with Crippen LogP contribution in [0.3, 0.4) is 0 Å². The Morgan fingerprint density at radius 3 is 2.68 bits per heavy atom. The average Bonchev–Trinajstić information content (AvgIpc) is 2.99. The lowest BCUT2D eigenvalue weighted by atomic mass is 10.1. The molecule has 0 saturated carbocycles. The van der Waals surface area contributed by atoms with E-state index in [0.717, 1.165) is 27.8 Å². The van der Waals surface area contributed by atoms with Crippen LogP contribution in [0.2, 0.25) is 0 Å². The fourth-order valence-electron chi connectivity index (χ4n) is 3.04. The minimum atomic E-state index is 0.998. The van der Waals surface area contributed by atoms with Gasteiger partial charge in [-0.25, -0.2) is 4.98 Å². The molecule has 4 aromatic rings. The largest absolute Gasteiger partial charge is 0.388 e. The minimum Gasteiger partial charge on any atom is -0.388 e. The van der Waals surface area contributed by atoms with E-state index in [9.17, 15) is 0 Å². The zero-order valence-electron chi connectivity index (χ0n) is 12.6. The van der Waals surface area contributed by atoms with Gasteiger partial charge in [0.25, 0.3) is 0 Å². The highest BCUT2D eigenvalue weighted by Gasteiger charge is 2.10. The van der Waals surface area contributed by atoms with Crippen LogP contribution in [-0.4, -0.2) is 17.0 Å². The summed E-state index contributed by atoms with van der Waals surface area (Å²) in [7, 11) is 1.94. The van der Waals surface area contributed by atoms with E-state index in [1.54, 1.807) is 0 Å². The second kappa shape index (κ2) is 4.88. The predicted octanol–water partition coefficient (Wildman–Crippen LogP) is 4.73. The number of H-pyrrole nitrogens is 1. The number of hydrogen-bond acceptors (Lipinski definition) is 2. The highest BCUT2D eigenvalue weighted by atomic mass is 14.8. The molecular formula is C19H17N3. The molecule has 2 aromatic carbocycles. The second-order valence-electron chi connectivity index (χ2n) is 5.52. The van der Waals surface area contributed by atoms with Gasteiger partial charge in [0, 0.05) is 40.8 Å². The number of benzene rings is 2. The zero-order valence-corrected chi connectivity index (χ0v) is 12.6. The first-order valence-corrected chi connectivity index (χ1v) is 7.42. The smallest absolute Gasteiger partial charge is 0.0731 e. The lowest BCUT2D eigenvalue weighted by Crippen LogP contribution is -1.91. The third kappa shape index (κ3) is 1.86. The van der Waals surface area contributed by atoms with Gasteiger partial charge in [-0.05, 0) is 36.8 Å². The third-order valence-corrected chi connectivity index (χ3v) is 4.20. The van der Waals surface area contributed by atoms with E-state index in [2.05, 4.69) is 59.7 Å². The van der Waals surface area contributed by atoms with Crippen LogP contribution in [0, 0.1) is 6.92 Å². The Kier molecular flexibility index (Phi) is 2.86. The van der Waals surface area contributed by atoms with Gasteiger partial charge in [-0.1, -0.05) is 24.3 Å². The first kappa shape index (κ1) is 12.9. The summed E-state index contributed by atoms with van der Waals surface area (Å²) in [6.07, 6.45) is 2.05. The average molecular weight is 287 g/mol. The predicted molar refractivity (Wildman–Crippen MR) is 93.3 cm³/mol. The molecule has 0 aliphatic heterocycles. The van der Waals surface area contributed by atoms with Crippen molar-refractivity contribution >= 4 is 27.5 Å². The molecule has 2 heterocycles. The molecule has 4 rings (SSSR count). The summed E-state index contributed by atoms with van der Waals surface area (Å²) < 4.78 is 0. The quantitative estimate of drug-likeness (QED) is 0.559. The number of para-hydroxylation sites is 1. The molecule has 22 heavy (non-hydrogen) atoms. The molecule has 3 nitrogen and oxygen atoms in total. The Morgan fingerprint density at radius 2 is 1.82 bits per heavy atom. The van der Waals surface area contributed by atoms with E-state index < -0.39 is 0 Å². The SMILES string of the molecule is CNc1cccc2nc(-c3c[nH]c4c(C)cccc34)ccc12. The number of aryl methyl sites for hydroxylation is 1. The van der Waals surface area contributed by atoms with Crippen LogP contribution in [0.1, 0.15) is 5.56 Å². The van der Waals surface area contributed by atoms with Crippen molar-refractivity contribution in [3.63, 3.8) is 0 Å². The minimum absolute atomic E-state index is 0.998. The summed E-state index contributed by atoms with van der Waals surface area (Å²) >= 11 is 0. The van der Waals surface area contributed by atoms with Crippen molar-refractivity contribution < 1.29 is 0 Å². The molecule has 0 fully saturated rings. The Balaban J connectivity index is 1.95. The fraction of sp³-hybridized carbons (Fsp3) is 0.105. The summed E-state index contributed by atoms with van der Waals surface area (Å²) in [5.41, 5.74) is 6.69. The van der Waals surface area contributed by atoms with E-state index in [1.165, 1.54) is 16.5 Å². The maximum Gasteiger partial charge on any atom is 0.0731 e. The van der Waals surface area contributed by atoms with E-state index in [-0.39, 0.29) is 0 Å². The van der Waals surface area contributed by atoms with Crippen LogP contribution in [0.4, 0.5) is 5.69 Å². The molecule has 2 aromatic heterocycles. The molecule has 0 atom stereocenters. The third-order valence-electron chi connectivity index (χ3n) is 4.20. The Hall–Kier alpha value is -2.81. The molecule has 0 aliphatic carbocycles. The highest BCUT2D eigenvalue weighted by molar-refractivity contribution is 5.98. The van der Waals surface area contributed by atoms with Crippen molar-refractivity contribution in [3.8, 4) is 11.3 Å². The summed E-state index contributed by atoms with van der Waals surface area (Å²) in [6.45, 7) is 2.12. The van der Waals surface area contributed by atoms with E-state index >= 15 is 0 Å². The van der Waals surface area contributed by atoms with E-state index in [1.807, 2.05) is 19.3 Å². The van der Waals surface area contributed by atoms with Gasteiger partial charge in [0.15, 0.2) is 0 Å². The topological polar surface area (TPSA) is 40.7 Å². The molecule has 0 unspecified atom stereocenters. The molecule has 0 aliphatic rings. The zero-order chi connectivity index (χ0) is 15.1. The van der Waals surface area contributed by atoms with E-state index in [4.69, 9.17) is 4.98 Å². The number of anilines is 1. The maximum absolute atomic E-state index is 4.85. The van der Waals surface area contributed by atoms with Crippen molar-refractivity contribution in [3.05, 3.63) is 60.3 Å². The molecule has 0 bridgehead atoms. The first-order valence-electron chi connectivity index (χ1n) is 7.42. The Labute approximate surface area is 129 Å². The molecule has 0 amide bonds. The van der Waals surface area contributed by atoms with Crippen LogP contribution >= 0.6 is 0 Å². The number of nitrogens with one attached hydrogen (secondary N) is 2. The van der Waals surface area contributed by atoms with Gasteiger partial charge in [-0.3, -0.25) is 0 Å². The van der Waals surface area contributed by atoms with Gasteiger partial charge < -0.3 is 10.3 Å². The van der Waals surface area contributed by atoms with E-state index in [0.29, 0.717) is 0 Å². The van der Waals surface area contributed by atoms with Gasteiger partial charge in [-0.2, -0.15) is 0 Å². The monoisotopic (exact) mass is 287 g/mol. The highest BCUT2D eigenvalue weighted by Crippen LogP contribution is 2.31. The van der Waals surface area contributed by atoms with Gasteiger partial charge in [0.2, 0.25) is 0 Å². The molecular weight excluding hydrogens is 270 g/mol. The standard InChI is InChI=1S/C19H17N3/c1-12-5-3-6-13-15(11-21-19(12)13)18-10-9-14-16(20-2)7-4-8-17(14)22-18/h3-11,20-21H,1-2H3. The molecule has 108 valence electrons. The van der Waals surface area contributed by atoms with Gasteiger partial charge in [-0.15, -0.1) is 0 Å². The number of aromatic nitrogens is 2. The van der Waals surface area contributed by atoms with Crippen LogP contribution in [0.5, 0.6) is 0 Å². The first-order chi connectivity index (χ1) is 10.8. The van der Waals surface area contributed by atoms with Gasteiger partial charge in [0.1, 0.15) is 0 Å². The van der Waals surface area contributed by atoms with Crippen LogP contribution in [0.15, 0.2) is 54.7 Å². The van der Waals surface area contributed by atoms with Crippen molar-refractivity contribution in [2.24, 2.45) is 0 Å². The summed E-state index contributed by atoms with van der Waals surface area (Å²) in [5, 5.41) is 5.58. The summed E-state index contributed by atoms with van der Waals surface area (Å²) in [6, 6.07) is 16.7. The number of pyridine rings is 1. The van der Waals surface area contributed by atoms with Crippen LogP contribution in [0.25, 0.3) is 33.1 Å². The Bertz CT molecular complexity index is 982. The summed E-state index contributed by atoms with van der Waals surface area (Å²) in [4.78, 5) is 8.22. The number of fused-ring (bicyclic) bond motifs is 2. The number of aromatic amines is 1. The van der Waals surface area contributed by atoms with Gasteiger partial charge in [0.05, 0.1) is 11.2 Å². The molecule has 0 saturated heterocycles. The number of nitrogens with zero attached hydrogens (tertiary/aromatic N) is 1. The number of rotatable bonds is 2. The lowest BCUT2D eigenvalue weighted by molar-refractivity contribution is 1.38. The second-order valence-corrected chi connectivity index (χ2v) is 5.52. The lowest BCUT2D eigenvalue weighted by Gasteiger charge is -2.07.